The van der Waals surface area contributed by atoms with Gasteiger partial charge in [-0.15, -0.1) is 0 Å². The van der Waals surface area contributed by atoms with Crippen LogP contribution in [-0.2, 0) is 21.4 Å². The molecule has 1 fully saturated rings. The third kappa shape index (κ3) is 3.41. The van der Waals surface area contributed by atoms with Gasteiger partial charge >= 0.3 is 0 Å². The summed E-state index contributed by atoms with van der Waals surface area (Å²) in [7, 11) is 0. The minimum atomic E-state index is 0.00153. The monoisotopic (exact) mass is 314 g/mol. The summed E-state index contributed by atoms with van der Waals surface area (Å²) in [6.07, 6.45) is 3.71. The molecule has 1 atom stereocenters. The lowest BCUT2D eigenvalue weighted by atomic mass is 9.86. The molecule has 0 aliphatic carbocycles. The van der Waals surface area contributed by atoms with Gasteiger partial charge in [-0.2, -0.15) is 0 Å². The first kappa shape index (κ1) is 16.0. The Morgan fingerprint density at radius 2 is 2.09 bits per heavy atom. The Bertz CT molecular complexity index is 631. The molecule has 2 aliphatic heterocycles. The first-order chi connectivity index (χ1) is 10.8. The Hall–Kier alpha value is -1.84. The zero-order valence-electron chi connectivity index (χ0n) is 14.3. The smallest absolute Gasteiger partial charge is 0.229 e. The Labute approximate surface area is 138 Å². The van der Waals surface area contributed by atoms with Crippen molar-refractivity contribution >= 4 is 17.5 Å². The summed E-state index contributed by atoms with van der Waals surface area (Å²) in [6, 6.07) is 6.46. The number of piperidine rings is 1. The lowest BCUT2D eigenvalue weighted by molar-refractivity contribution is -0.124. The van der Waals surface area contributed by atoms with Crippen LogP contribution in [0.3, 0.4) is 0 Å². The Morgan fingerprint density at radius 3 is 2.78 bits per heavy atom. The highest BCUT2D eigenvalue weighted by Crippen LogP contribution is 2.33. The maximum atomic E-state index is 12.6. The average Bonchev–Trinajstić information content (AvgIpc) is 2.89. The van der Waals surface area contributed by atoms with E-state index in [1.165, 1.54) is 11.1 Å². The maximum absolute atomic E-state index is 12.6. The van der Waals surface area contributed by atoms with Crippen LogP contribution in [0.4, 0.5) is 5.69 Å². The number of carbonyl (C=O) groups excluding carboxylic acids is 2. The van der Waals surface area contributed by atoms with Crippen molar-refractivity contribution < 1.29 is 9.59 Å². The zero-order valence-corrected chi connectivity index (χ0v) is 14.3. The Kier molecular flexibility index (Phi) is 4.17. The number of hydrogen-bond acceptors (Lipinski definition) is 2. The molecule has 1 unspecified atom stereocenters. The van der Waals surface area contributed by atoms with Crippen LogP contribution in [0.15, 0.2) is 18.2 Å². The van der Waals surface area contributed by atoms with Crippen molar-refractivity contribution in [1.82, 2.24) is 5.32 Å². The molecule has 124 valence electrons. The summed E-state index contributed by atoms with van der Waals surface area (Å²) in [6.45, 7) is 7.37. The summed E-state index contributed by atoms with van der Waals surface area (Å²) < 4.78 is 0. The molecule has 2 aliphatic rings. The molecular weight excluding hydrogens is 288 g/mol. The molecule has 1 saturated heterocycles. The largest absolute Gasteiger partial charge is 0.353 e. The second kappa shape index (κ2) is 5.99. The van der Waals surface area contributed by atoms with Crippen molar-refractivity contribution in [2.75, 3.05) is 11.4 Å². The van der Waals surface area contributed by atoms with Crippen molar-refractivity contribution in [3.8, 4) is 0 Å². The van der Waals surface area contributed by atoms with Crippen LogP contribution in [0.5, 0.6) is 0 Å². The third-order valence-corrected chi connectivity index (χ3v) is 4.88. The van der Waals surface area contributed by atoms with E-state index in [1.807, 2.05) is 4.90 Å². The molecule has 4 nitrogen and oxygen atoms in total. The molecule has 3 rings (SSSR count). The van der Waals surface area contributed by atoms with E-state index >= 15 is 0 Å². The molecule has 1 N–H and O–H groups in total. The molecule has 0 bridgehead atoms. The minimum absolute atomic E-state index is 0.00153. The number of rotatable bonds is 2. The van der Waals surface area contributed by atoms with Gasteiger partial charge in [0.2, 0.25) is 11.8 Å². The second-order valence-corrected chi connectivity index (χ2v) is 7.75. The first-order valence-corrected chi connectivity index (χ1v) is 8.58. The first-order valence-electron chi connectivity index (χ1n) is 8.58. The molecule has 2 amide bonds. The number of hydrogen-bond donors (Lipinski definition) is 1. The van der Waals surface area contributed by atoms with E-state index in [0.717, 1.165) is 31.5 Å². The third-order valence-electron chi connectivity index (χ3n) is 4.88. The molecule has 2 heterocycles. The highest BCUT2D eigenvalue weighted by Gasteiger charge is 2.29. The SMILES string of the molecule is CC(C)(C)c1ccc2c(c1)CCN2C(=O)CC1CCCC(=O)N1. The van der Waals surface area contributed by atoms with Crippen molar-refractivity contribution in [3.05, 3.63) is 29.3 Å². The van der Waals surface area contributed by atoms with E-state index in [4.69, 9.17) is 0 Å². The highest BCUT2D eigenvalue weighted by molar-refractivity contribution is 5.96. The second-order valence-electron chi connectivity index (χ2n) is 7.75. The predicted molar refractivity (Wildman–Crippen MR) is 91.6 cm³/mol. The number of nitrogens with one attached hydrogen (secondary N) is 1. The van der Waals surface area contributed by atoms with Crippen molar-refractivity contribution in [1.29, 1.82) is 0 Å². The van der Waals surface area contributed by atoms with E-state index in [9.17, 15) is 9.59 Å². The molecular formula is C19H26N2O2. The molecule has 1 aromatic rings. The van der Waals surface area contributed by atoms with Crippen LogP contribution >= 0.6 is 0 Å². The average molecular weight is 314 g/mol. The zero-order chi connectivity index (χ0) is 16.6. The highest BCUT2D eigenvalue weighted by atomic mass is 16.2. The Morgan fingerprint density at radius 1 is 1.30 bits per heavy atom. The fourth-order valence-electron chi connectivity index (χ4n) is 3.48. The van der Waals surface area contributed by atoms with Crippen LogP contribution < -0.4 is 10.2 Å². The van der Waals surface area contributed by atoms with E-state index < -0.39 is 0 Å². The number of amides is 2. The number of carbonyl (C=O) groups is 2. The van der Waals surface area contributed by atoms with Gasteiger partial charge in [-0.25, -0.2) is 0 Å². The van der Waals surface area contributed by atoms with Gasteiger partial charge in [-0.1, -0.05) is 32.9 Å². The van der Waals surface area contributed by atoms with E-state index in [0.29, 0.717) is 12.8 Å². The maximum Gasteiger partial charge on any atom is 0.229 e. The molecule has 4 heteroatoms. The van der Waals surface area contributed by atoms with Gasteiger partial charge < -0.3 is 10.2 Å². The number of fused-ring (bicyclic) bond motifs is 1. The van der Waals surface area contributed by atoms with Gasteiger partial charge in [0.05, 0.1) is 0 Å². The van der Waals surface area contributed by atoms with E-state index in [2.05, 4.69) is 44.3 Å². The van der Waals surface area contributed by atoms with Crippen LogP contribution in [0.1, 0.15) is 57.6 Å². The Balaban J connectivity index is 1.72. The van der Waals surface area contributed by atoms with E-state index in [1.54, 1.807) is 0 Å². The summed E-state index contributed by atoms with van der Waals surface area (Å²) in [5.41, 5.74) is 3.74. The van der Waals surface area contributed by atoms with Gasteiger partial charge in [0, 0.05) is 31.1 Å². The van der Waals surface area contributed by atoms with Gasteiger partial charge in [0.15, 0.2) is 0 Å². The molecule has 1 aromatic carbocycles. The summed E-state index contributed by atoms with van der Waals surface area (Å²) in [4.78, 5) is 26.0. The quantitative estimate of drug-likeness (QED) is 0.912. The van der Waals surface area contributed by atoms with Gasteiger partial charge in [0.25, 0.3) is 0 Å². The van der Waals surface area contributed by atoms with Crippen LogP contribution in [0.25, 0.3) is 0 Å². The van der Waals surface area contributed by atoms with Crippen LogP contribution in [0, 0.1) is 0 Å². The standard InChI is InChI=1S/C19H26N2O2/c1-19(2,3)14-7-8-16-13(11-14)9-10-21(16)18(23)12-15-5-4-6-17(22)20-15/h7-8,11,15H,4-6,9-10,12H2,1-3H3,(H,20,22). The summed E-state index contributed by atoms with van der Waals surface area (Å²) in [5, 5.41) is 2.94. The van der Waals surface area contributed by atoms with Crippen molar-refractivity contribution in [2.45, 2.75) is 64.3 Å². The molecule has 0 spiro atoms. The topological polar surface area (TPSA) is 49.4 Å². The summed E-state index contributed by atoms with van der Waals surface area (Å²) in [5.74, 6) is 0.199. The minimum Gasteiger partial charge on any atom is -0.353 e. The fourth-order valence-corrected chi connectivity index (χ4v) is 3.48. The molecule has 23 heavy (non-hydrogen) atoms. The molecule has 0 saturated carbocycles. The number of benzene rings is 1. The van der Waals surface area contributed by atoms with Gasteiger partial charge in [-0.3, -0.25) is 9.59 Å². The lowest BCUT2D eigenvalue weighted by Gasteiger charge is -2.26. The predicted octanol–water partition coefficient (Wildman–Crippen LogP) is 2.93. The molecule has 0 radical (unpaired) electrons. The summed E-state index contributed by atoms with van der Waals surface area (Å²) >= 11 is 0. The fraction of sp³-hybridized carbons (Fsp3) is 0.579. The number of anilines is 1. The molecule has 0 aromatic heterocycles. The number of nitrogens with zero attached hydrogens (tertiary/aromatic N) is 1. The van der Waals surface area contributed by atoms with Gasteiger partial charge in [0.1, 0.15) is 0 Å². The van der Waals surface area contributed by atoms with Crippen LogP contribution in [-0.4, -0.2) is 24.4 Å². The van der Waals surface area contributed by atoms with E-state index in [-0.39, 0.29) is 23.3 Å². The van der Waals surface area contributed by atoms with Crippen molar-refractivity contribution in [3.63, 3.8) is 0 Å². The van der Waals surface area contributed by atoms with Crippen molar-refractivity contribution in [2.24, 2.45) is 0 Å². The van der Waals surface area contributed by atoms with Crippen LogP contribution in [0.2, 0.25) is 0 Å². The lowest BCUT2D eigenvalue weighted by Crippen LogP contribution is -2.42. The normalized spacial score (nSPS) is 21.1. The van der Waals surface area contributed by atoms with Gasteiger partial charge in [-0.05, 0) is 41.9 Å².